The Morgan fingerprint density at radius 2 is 1.69 bits per heavy atom. The largest absolute Gasteiger partial charge is 0.416 e. The molecule has 142 valence electrons. The first-order chi connectivity index (χ1) is 12.2. The van der Waals surface area contributed by atoms with Gasteiger partial charge in [0.2, 0.25) is 0 Å². The monoisotopic (exact) mass is 424 g/mol. The summed E-state index contributed by atoms with van der Waals surface area (Å²) in [4.78, 5) is 1.83. The van der Waals surface area contributed by atoms with Crippen molar-refractivity contribution in [1.29, 1.82) is 0 Å². The summed E-state index contributed by atoms with van der Waals surface area (Å²) in [5, 5.41) is 0. The van der Waals surface area contributed by atoms with Crippen LogP contribution in [0.5, 0.6) is 0 Å². The Morgan fingerprint density at radius 1 is 1.04 bits per heavy atom. The summed E-state index contributed by atoms with van der Waals surface area (Å²) in [6, 6.07) is 8.46. The van der Waals surface area contributed by atoms with Crippen LogP contribution in [0.3, 0.4) is 0 Å². The summed E-state index contributed by atoms with van der Waals surface area (Å²) in [6.45, 7) is 1.32. The van der Waals surface area contributed by atoms with Gasteiger partial charge in [-0.15, -0.1) is 11.3 Å². The maximum Gasteiger partial charge on any atom is 0.416 e. The van der Waals surface area contributed by atoms with E-state index in [1.807, 2.05) is 4.90 Å². The summed E-state index contributed by atoms with van der Waals surface area (Å²) in [7, 11) is -3.61. The van der Waals surface area contributed by atoms with Crippen molar-refractivity contribution in [2.24, 2.45) is 0 Å². The second-order valence-corrected chi connectivity index (χ2v) is 9.77. The highest BCUT2D eigenvalue weighted by atomic mass is 35.5. The number of hydrogen-bond donors (Lipinski definition) is 0. The smallest absolute Gasteiger partial charge is 0.296 e. The number of benzene rings is 1. The molecule has 0 N–H and O–H groups in total. The van der Waals surface area contributed by atoms with E-state index in [-0.39, 0.29) is 29.4 Å². The van der Waals surface area contributed by atoms with Gasteiger partial charge in [0.25, 0.3) is 10.0 Å². The van der Waals surface area contributed by atoms with Crippen molar-refractivity contribution in [2.45, 2.75) is 16.9 Å². The number of halogens is 4. The van der Waals surface area contributed by atoms with E-state index in [1.54, 1.807) is 6.07 Å². The van der Waals surface area contributed by atoms with E-state index in [4.69, 9.17) is 11.6 Å². The van der Waals surface area contributed by atoms with E-state index in [0.717, 1.165) is 17.4 Å². The van der Waals surface area contributed by atoms with Crippen molar-refractivity contribution < 1.29 is 21.6 Å². The van der Waals surface area contributed by atoms with Crippen LogP contribution in [0.2, 0.25) is 4.34 Å². The van der Waals surface area contributed by atoms with E-state index in [1.165, 1.54) is 28.6 Å². The summed E-state index contributed by atoms with van der Waals surface area (Å²) in [5.74, 6) is 0. The zero-order valence-corrected chi connectivity index (χ0v) is 15.9. The van der Waals surface area contributed by atoms with Gasteiger partial charge in [-0.05, 0) is 23.8 Å². The molecule has 1 aliphatic rings. The Hall–Kier alpha value is -1.13. The molecule has 0 aliphatic carbocycles. The van der Waals surface area contributed by atoms with Gasteiger partial charge in [-0.1, -0.05) is 29.8 Å². The normalized spacial score (nSPS) is 17.5. The maximum atomic E-state index is 13.1. The van der Waals surface area contributed by atoms with Gasteiger partial charge in [-0.3, -0.25) is 4.90 Å². The molecular weight excluding hydrogens is 409 g/mol. The summed E-state index contributed by atoms with van der Waals surface area (Å²) < 4.78 is 66.3. The molecule has 0 radical (unpaired) electrons. The van der Waals surface area contributed by atoms with Gasteiger partial charge >= 0.3 is 6.18 Å². The van der Waals surface area contributed by atoms with Crippen molar-refractivity contribution in [2.75, 3.05) is 26.2 Å². The molecule has 0 saturated carbocycles. The van der Waals surface area contributed by atoms with Crippen molar-refractivity contribution in [3.05, 3.63) is 51.9 Å². The molecule has 0 spiro atoms. The van der Waals surface area contributed by atoms with E-state index >= 15 is 0 Å². The Labute approximate surface area is 158 Å². The SMILES string of the molecule is O=S(=O)(c1ccc(Cl)s1)N1CCN(Cc2ccccc2C(F)(F)F)CC1. The van der Waals surface area contributed by atoms with E-state index in [2.05, 4.69) is 0 Å². The van der Waals surface area contributed by atoms with Crippen LogP contribution in [-0.4, -0.2) is 43.8 Å². The Balaban J connectivity index is 1.67. The lowest BCUT2D eigenvalue weighted by Crippen LogP contribution is -2.48. The van der Waals surface area contributed by atoms with E-state index < -0.39 is 21.8 Å². The number of thiophene rings is 1. The lowest BCUT2D eigenvalue weighted by Gasteiger charge is -2.34. The minimum atomic E-state index is -4.40. The summed E-state index contributed by atoms with van der Waals surface area (Å²) in [6.07, 6.45) is -4.40. The van der Waals surface area contributed by atoms with Crippen LogP contribution >= 0.6 is 22.9 Å². The van der Waals surface area contributed by atoms with Crippen molar-refractivity contribution in [3.63, 3.8) is 0 Å². The highest BCUT2D eigenvalue weighted by Crippen LogP contribution is 2.33. The molecule has 4 nitrogen and oxygen atoms in total. The first-order valence-electron chi connectivity index (χ1n) is 7.81. The molecular formula is C16H16ClF3N2O2S2. The number of piperazine rings is 1. The lowest BCUT2D eigenvalue weighted by molar-refractivity contribution is -0.138. The summed E-state index contributed by atoms with van der Waals surface area (Å²) in [5.41, 5.74) is -0.454. The standard InChI is InChI=1S/C16H16ClF3N2O2S2/c17-14-5-6-15(25-14)26(23,24)22-9-7-21(8-10-22)11-12-3-1-2-4-13(12)16(18,19)20/h1-6H,7-11H2. The van der Waals surface area contributed by atoms with Crippen LogP contribution in [0.1, 0.15) is 11.1 Å². The quantitative estimate of drug-likeness (QED) is 0.746. The van der Waals surface area contributed by atoms with Crippen LogP contribution in [0.25, 0.3) is 0 Å². The van der Waals surface area contributed by atoms with Crippen LogP contribution in [-0.2, 0) is 22.7 Å². The average molecular weight is 425 g/mol. The van der Waals surface area contributed by atoms with Crippen LogP contribution in [0.15, 0.2) is 40.6 Å². The second-order valence-electron chi connectivity index (χ2n) is 5.89. The number of hydrogen-bond acceptors (Lipinski definition) is 4. The zero-order valence-electron chi connectivity index (χ0n) is 13.5. The number of nitrogens with zero attached hydrogens (tertiary/aromatic N) is 2. The van der Waals surface area contributed by atoms with Gasteiger partial charge < -0.3 is 0 Å². The van der Waals surface area contributed by atoms with E-state index in [0.29, 0.717) is 17.4 Å². The van der Waals surface area contributed by atoms with Crippen LogP contribution < -0.4 is 0 Å². The van der Waals surface area contributed by atoms with Gasteiger partial charge in [-0.2, -0.15) is 17.5 Å². The van der Waals surface area contributed by atoms with Gasteiger partial charge in [-0.25, -0.2) is 8.42 Å². The molecule has 1 saturated heterocycles. The third-order valence-corrected chi connectivity index (χ3v) is 7.79. The summed E-state index contributed by atoms with van der Waals surface area (Å²) >= 11 is 6.80. The predicted octanol–water partition coefficient (Wildman–Crippen LogP) is 3.93. The molecule has 1 aromatic carbocycles. The molecule has 0 bridgehead atoms. The third kappa shape index (κ3) is 4.23. The topological polar surface area (TPSA) is 40.6 Å². The maximum absolute atomic E-state index is 13.1. The molecule has 2 heterocycles. The highest BCUT2D eigenvalue weighted by Gasteiger charge is 2.34. The van der Waals surface area contributed by atoms with E-state index in [9.17, 15) is 21.6 Å². The van der Waals surface area contributed by atoms with Crippen LogP contribution in [0.4, 0.5) is 13.2 Å². The molecule has 1 aliphatic heterocycles. The fraction of sp³-hybridized carbons (Fsp3) is 0.375. The van der Waals surface area contributed by atoms with Gasteiger partial charge in [0, 0.05) is 32.7 Å². The highest BCUT2D eigenvalue weighted by molar-refractivity contribution is 7.91. The Morgan fingerprint density at radius 3 is 2.27 bits per heavy atom. The molecule has 0 atom stereocenters. The molecule has 0 unspecified atom stereocenters. The molecule has 1 fully saturated rings. The Kier molecular flexibility index (Phi) is 5.64. The number of alkyl halides is 3. The zero-order chi connectivity index (χ0) is 18.9. The minimum Gasteiger partial charge on any atom is -0.296 e. The molecule has 0 amide bonds. The Bertz CT molecular complexity index is 876. The molecule has 10 heteroatoms. The van der Waals surface area contributed by atoms with Gasteiger partial charge in [0.1, 0.15) is 4.21 Å². The predicted molar refractivity (Wildman–Crippen MR) is 94.8 cm³/mol. The van der Waals surface area contributed by atoms with Gasteiger partial charge in [0.05, 0.1) is 9.90 Å². The lowest BCUT2D eigenvalue weighted by atomic mass is 10.1. The molecule has 2 aromatic rings. The van der Waals surface area contributed by atoms with Crippen molar-refractivity contribution in [3.8, 4) is 0 Å². The number of sulfonamides is 1. The second kappa shape index (κ2) is 7.47. The minimum absolute atomic E-state index is 0.133. The number of rotatable bonds is 4. The first kappa shape index (κ1) is 19.6. The van der Waals surface area contributed by atoms with Crippen LogP contribution in [0, 0.1) is 0 Å². The third-order valence-electron chi connectivity index (χ3n) is 4.19. The fourth-order valence-electron chi connectivity index (χ4n) is 2.87. The molecule has 3 rings (SSSR count). The van der Waals surface area contributed by atoms with Gasteiger partial charge in [0.15, 0.2) is 0 Å². The van der Waals surface area contributed by atoms with Crippen molar-refractivity contribution in [1.82, 2.24) is 9.21 Å². The van der Waals surface area contributed by atoms with Crippen molar-refractivity contribution >= 4 is 33.0 Å². The first-order valence-corrected chi connectivity index (χ1v) is 10.4. The fourth-order valence-corrected chi connectivity index (χ4v) is 5.93. The average Bonchev–Trinajstić information content (AvgIpc) is 3.02. The molecule has 1 aromatic heterocycles. The molecule has 26 heavy (non-hydrogen) atoms.